The molecular formula is C20H16FNO3. The van der Waals surface area contributed by atoms with E-state index in [4.69, 9.17) is 9.47 Å². The van der Waals surface area contributed by atoms with E-state index in [0.29, 0.717) is 12.4 Å². The molecule has 0 radical (unpaired) electrons. The fourth-order valence-corrected chi connectivity index (χ4v) is 2.18. The second kappa shape index (κ2) is 7.13. The van der Waals surface area contributed by atoms with Gasteiger partial charge in [-0.05, 0) is 48.4 Å². The molecule has 4 nitrogen and oxygen atoms in total. The molecule has 25 heavy (non-hydrogen) atoms. The van der Waals surface area contributed by atoms with Crippen LogP contribution in [0.1, 0.15) is 18.1 Å². The molecule has 5 heteroatoms. The largest absolute Gasteiger partial charge is 0.489 e. The van der Waals surface area contributed by atoms with Gasteiger partial charge in [0.2, 0.25) is 5.90 Å². The van der Waals surface area contributed by atoms with Crippen molar-refractivity contribution < 1.29 is 18.7 Å². The molecular weight excluding hydrogens is 321 g/mol. The Morgan fingerprint density at radius 1 is 1.24 bits per heavy atom. The molecule has 0 spiro atoms. The van der Waals surface area contributed by atoms with Crippen LogP contribution in [-0.2, 0) is 9.53 Å². The molecule has 0 amide bonds. The first-order chi connectivity index (χ1) is 12.0. The van der Waals surface area contributed by atoms with Crippen LogP contribution in [0.4, 0.5) is 4.39 Å². The number of carbonyl (C=O) groups excluding carboxylic acids is 1. The number of ether oxygens (including phenoxy) is 2. The molecule has 1 aliphatic rings. The zero-order valence-corrected chi connectivity index (χ0v) is 13.7. The van der Waals surface area contributed by atoms with Crippen molar-refractivity contribution in [3.63, 3.8) is 0 Å². The SMILES string of the molecule is C=C(C)COc1ccc(/C=C2/N=C(c3ccccc3F)OC2=O)cc1. The topological polar surface area (TPSA) is 47.9 Å². The minimum Gasteiger partial charge on any atom is -0.489 e. The van der Waals surface area contributed by atoms with E-state index < -0.39 is 11.8 Å². The zero-order valence-electron chi connectivity index (χ0n) is 13.7. The van der Waals surface area contributed by atoms with E-state index in [1.165, 1.54) is 12.1 Å². The van der Waals surface area contributed by atoms with Gasteiger partial charge in [0, 0.05) is 0 Å². The van der Waals surface area contributed by atoms with Crippen molar-refractivity contribution in [2.24, 2.45) is 4.99 Å². The predicted molar refractivity (Wildman–Crippen MR) is 93.8 cm³/mol. The molecule has 1 heterocycles. The Bertz CT molecular complexity index is 882. The lowest BCUT2D eigenvalue weighted by molar-refractivity contribution is -0.129. The van der Waals surface area contributed by atoms with E-state index >= 15 is 0 Å². The molecule has 2 aromatic carbocycles. The second-order valence-corrected chi connectivity index (χ2v) is 5.63. The number of hydrogen-bond donors (Lipinski definition) is 0. The van der Waals surface area contributed by atoms with Crippen molar-refractivity contribution in [2.75, 3.05) is 6.61 Å². The summed E-state index contributed by atoms with van der Waals surface area (Å²) in [5.41, 5.74) is 1.96. The third-order valence-electron chi connectivity index (χ3n) is 3.39. The normalized spacial score (nSPS) is 15.0. The maximum atomic E-state index is 13.8. The summed E-state index contributed by atoms with van der Waals surface area (Å²) in [5.74, 6) is -0.430. The average molecular weight is 337 g/mol. The smallest absolute Gasteiger partial charge is 0.363 e. The van der Waals surface area contributed by atoms with Gasteiger partial charge < -0.3 is 9.47 Å². The molecule has 0 aliphatic carbocycles. The van der Waals surface area contributed by atoms with Crippen molar-refractivity contribution in [1.29, 1.82) is 0 Å². The highest BCUT2D eigenvalue weighted by Gasteiger charge is 2.25. The standard InChI is InChI=1S/C20H16FNO3/c1-13(2)12-24-15-9-7-14(8-10-15)11-18-20(23)25-19(22-18)16-5-3-4-6-17(16)21/h3-11H,1,12H2,2H3/b18-11+. The maximum absolute atomic E-state index is 13.8. The summed E-state index contributed by atoms with van der Waals surface area (Å²) in [4.78, 5) is 16.1. The third kappa shape index (κ3) is 4.01. The van der Waals surface area contributed by atoms with Crippen molar-refractivity contribution in [1.82, 2.24) is 0 Å². The molecule has 1 aliphatic heterocycles. The molecule has 2 aromatic rings. The van der Waals surface area contributed by atoms with Crippen molar-refractivity contribution >= 4 is 17.9 Å². The molecule has 0 fully saturated rings. The lowest BCUT2D eigenvalue weighted by Crippen LogP contribution is -2.07. The molecule has 0 unspecified atom stereocenters. The van der Waals surface area contributed by atoms with E-state index in [9.17, 15) is 9.18 Å². The fraction of sp³-hybridized carbons (Fsp3) is 0.100. The number of carbonyl (C=O) groups is 1. The van der Waals surface area contributed by atoms with Crippen LogP contribution in [-0.4, -0.2) is 18.5 Å². The van der Waals surface area contributed by atoms with Crippen molar-refractivity contribution in [3.05, 3.63) is 83.3 Å². The fourth-order valence-electron chi connectivity index (χ4n) is 2.18. The van der Waals surface area contributed by atoms with E-state index in [0.717, 1.165) is 11.1 Å². The van der Waals surface area contributed by atoms with Gasteiger partial charge in [0.25, 0.3) is 0 Å². The Morgan fingerprint density at radius 3 is 2.64 bits per heavy atom. The number of benzene rings is 2. The van der Waals surface area contributed by atoms with Crippen molar-refractivity contribution in [3.8, 4) is 5.75 Å². The Labute approximate surface area is 144 Å². The van der Waals surface area contributed by atoms with Gasteiger partial charge in [-0.3, -0.25) is 0 Å². The van der Waals surface area contributed by atoms with E-state index in [-0.39, 0.29) is 17.2 Å². The molecule has 0 saturated heterocycles. The number of cyclic esters (lactones) is 1. The lowest BCUT2D eigenvalue weighted by Gasteiger charge is -2.05. The number of nitrogens with zero attached hydrogens (tertiary/aromatic N) is 1. The number of rotatable bonds is 5. The monoisotopic (exact) mass is 337 g/mol. The van der Waals surface area contributed by atoms with Crippen LogP contribution in [0, 0.1) is 5.82 Å². The van der Waals surface area contributed by atoms with Gasteiger partial charge in [-0.2, -0.15) is 0 Å². The number of esters is 1. The minimum absolute atomic E-state index is 0.0317. The van der Waals surface area contributed by atoms with Gasteiger partial charge in [0.05, 0.1) is 5.56 Å². The van der Waals surface area contributed by atoms with E-state index in [1.54, 1.807) is 42.5 Å². The minimum atomic E-state index is -0.610. The Hall–Kier alpha value is -3.21. The predicted octanol–water partition coefficient (Wildman–Crippen LogP) is 4.13. The first-order valence-electron chi connectivity index (χ1n) is 7.67. The Balaban J connectivity index is 1.80. The van der Waals surface area contributed by atoms with Crippen LogP contribution in [0.5, 0.6) is 5.75 Å². The summed E-state index contributed by atoms with van der Waals surface area (Å²) in [6, 6.07) is 13.2. The summed E-state index contributed by atoms with van der Waals surface area (Å²) in [7, 11) is 0. The van der Waals surface area contributed by atoms with Gasteiger partial charge in [-0.25, -0.2) is 14.2 Å². The Kier molecular flexibility index (Phi) is 4.75. The quantitative estimate of drug-likeness (QED) is 0.468. The summed E-state index contributed by atoms with van der Waals surface area (Å²) in [6.45, 7) is 6.11. The second-order valence-electron chi connectivity index (χ2n) is 5.63. The van der Waals surface area contributed by atoms with Crippen LogP contribution in [0.3, 0.4) is 0 Å². The van der Waals surface area contributed by atoms with Gasteiger partial charge in [-0.15, -0.1) is 0 Å². The summed E-state index contributed by atoms with van der Waals surface area (Å²) >= 11 is 0. The van der Waals surface area contributed by atoms with Crippen LogP contribution in [0.15, 0.2) is 71.4 Å². The van der Waals surface area contributed by atoms with E-state index in [2.05, 4.69) is 11.6 Å². The number of aliphatic imine (C=N–C) groups is 1. The molecule has 0 atom stereocenters. The maximum Gasteiger partial charge on any atom is 0.363 e. The molecule has 126 valence electrons. The first-order valence-corrected chi connectivity index (χ1v) is 7.67. The highest BCUT2D eigenvalue weighted by Crippen LogP contribution is 2.21. The molecule has 0 bridgehead atoms. The van der Waals surface area contributed by atoms with Crippen LogP contribution < -0.4 is 4.74 Å². The number of halogens is 1. The van der Waals surface area contributed by atoms with Gasteiger partial charge in [0.1, 0.15) is 18.2 Å². The zero-order chi connectivity index (χ0) is 17.8. The molecule has 3 rings (SSSR count). The molecule has 0 saturated carbocycles. The van der Waals surface area contributed by atoms with Gasteiger partial charge in [0.15, 0.2) is 5.70 Å². The summed E-state index contributed by atoms with van der Waals surface area (Å²) in [5, 5.41) is 0. The van der Waals surface area contributed by atoms with Crippen LogP contribution >= 0.6 is 0 Å². The number of hydrogen-bond acceptors (Lipinski definition) is 4. The van der Waals surface area contributed by atoms with Gasteiger partial charge in [-0.1, -0.05) is 30.8 Å². The molecule has 0 N–H and O–H groups in total. The van der Waals surface area contributed by atoms with E-state index in [1.807, 2.05) is 6.92 Å². The van der Waals surface area contributed by atoms with Gasteiger partial charge >= 0.3 is 5.97 Å². The first kappa shape index (κ1) is 16.6. The summed E-state index contributed by atoms with van der Waals surface area (Å²) < 4.78 is 24.4. The van der Waals surface area contributed by atoms with Crippen molar-refractivity contribution in [2.45, 2.75) is 6.92 Å². The third-order valence-corrected chi connectivity index (χ3v) is 3.39. The lowest BCUT2D eigenvalue weighted by atomic mass is 10.2. The summed E-state index contributed by atoms with van der Waals surface area (Å²) in [6.07, 6.45) is 1.58. The highest BCUT2D eigenvalue weighted by molar-refractivity contribution is 6.12. The molecule has 0 aromatic heterocycles. The average Bonchev–Trinajstić information content (AvgIpc) is 2.95. The van der Waals surface area contributed by atoms with Crippen LogP contribution in [0.25, 0.3) is 6.08 Å². The Morgan fingerprint density at radius 2 is 1.96 bits per heavy atom. The highest BCUT2D eigenvalue weighted by atomic mass is 19.1. The van der Waals surface area contributed by atoms with Crippen LogP contribution in [0.2, 0.25) is 0 Å².